The maximum Gasteiger partial charge on any atom is 0.0648 e. The maximum atomic E-state index is 2.54. The van der Waals surface area contributed by atoms with Crippen molar-refractivity contribution in [2.45, 2.75) is 0 Å². The Morgan fingerprint density at radius 3 is 1.74 bits per heavy atom. The molecule has 3 aromatic heterocycles. The van der Waals surface area contributed by atoms with Crippen LogP contribution in [0.5, 0.6) is 0 Å². The van der Waals surface area contributed by atoms with Crippen molar-refractivity contribution < 1.29 is 0 Å². The van der Waals surface area contributed by atoms with Gasteiger partial charge < -0.3 is 8.97 Å². The number of rotatable bonds is 2. The van der Waals surface area contributed by atoms with Crippen LogP contribution in [0.2, 0.25) is 0 Å². The van der Waals surface area contributed by atoms with Crippen LogP contribution in [-0.2, 0) is 0 Å². The van der Waals surface area contributed by atoms with Crippen molar-refractivity contribution in [3.05, 3.63) is 146 Å². The molecule has 194 valence electrons. The van der Waals surface area contributed by atoms with Crippen molar-refractivity contribution in [1.29, 1.82) is 0 Å². The number of nitrogens with zero attached hydrogens (tertiary/aromatic N) is 2. The molecule has 0 bridgehead atoms. The third-order valence-electron chi connectivity index (χ3n) is 9.22. The van der Waals surface area contributed by atoms with E-state index in [9.17, 15) is 0 Å². The van der Waals surface area contributed by atoms with Gasteiger partial charge in [-0.1, -0.05) is 121 Å². The summed E-state index contributed by atoms with van der Waals surface area (Å²) >= 11 is 0. The topological polar surface area (TPSA) is 9.34 Å². The summed E-state index contributed by atoms with van der Waals surface area (Å²) in [6, 6.07) is 53.3. The van der Waals surface area contributed by atoms with E-state index in [0.717, 1.165) is 0 Å². The fraction of sp³-hybridized carbons (Fsp3) is 0. The molecule has 10 rings (SSSR count). The lowest BCUT2D eigenvalue weighted by atomic mass is 9.98. The van der Waals surface area contributed by atoms with E-state index < -0.39 is 0 Å². The minimum absolute atomic E-state index is 1.20. The van der Waals surface area contributed by atoms with Crippen molar-refractivity contribution in [1.82, 2.24) is 8.97 Å². The lowest BCUT2D eigenvalue weighted by Crippen LogP contribution is -1.98. The van der Waals surface area contributed by atoms with Gasteiger partial charge in [0.2, 0.25) is 0 Å². The number of para-hydroxylation sites is 3. The highest BCUT2D eigenvalue weighted by Gasteiger charge is 2.26. The Hall–Kier alpha value is -5.60. The summed E-state index contributed by atoms with van der Waals surface area (Å²) in [6.07, 6.45) is 0. The number of benzene rings is 7. The molecule has 2 nitrogen and oxygen atoms in total. The van der Waals surface area contributed by atoms with Crippen LogP contribution in [0.15, 0.2) is 146 Å². The average Bonchev–Trinajstić information content (AvgIpc) is 3.55. The molecule has 0 saturated carbocycles. The summed E-state index contributed by atoms with van der Waals surface area (Å²) < 4.78 is 5.07. The van der Waals surface area contributed by atoms with Gasteiger partial charge in [0, 0.05) is 37.9 Å². The monoisotopic (exact) mass is 532 g/mol. The third-order valence-corrected chi connectivity index (χ3v) is 9.22. The molecule has 0 aliphatic heterocycles. The summed E-state index contributed by atoms with van der Waals surface area (Å²) in [6.45, 7) is 0. The molecule has 0 aliphatic rings. The molecular weight excluding hydrogens is 508 g/mol. The first kappa shape index (κ1) is 22.1. The lowest BCUT2D eigenvalue weighted by Gasteiger charge is -2.16. The van der Waals surface area contributed by atoms with E-state index in [4.69, 9.17) is 0 Å². The van der Waals surface area contributed by atoms with Crippen LogP contribution in [0.3, 0.4) is 0 Å². The van der Waals surface area contributed by atoms with Gasteiger partial charge in [0.05, 0.1) is 33.3 Å². The number of fused-ring (bicyclic) bond motifs is 9. The molecule has 7 aromatic carbocycles. The number of aromatic nitrogens is 2. The smallest absolute Gasteiger partial charge is 0.0648 e. The quantitative estimate of drug-likeness (QED) is 0.209. The first-order valence-electron chi connectivity index (χ1n) is 14.6. The molecule has 0 aliphatic carbocycles. The number of hydrogen-bond donors (Lipinski definition) is 0. The first-order chi connectivity index (χ1) is 20.9. The van der Waals surface area contributed by atoms with Gasteiger partial charge in [-0.2, -0.15) is 0 Å². The van der Waals surface area contributed by atoms with Gasteiger partial charge in [-0.25, -0.2) is 0 Å². The molecule has 2 heteroatoms. The van der Waals surface area contributed by atoms with Crippen molar-refractivity contribution in [2.24, 2.45) is 0 Å². The summed E-state index contributed by atoms with van der Waals surface area (Å²) in [5.74, 6) is 0. The Kier molecular flexibility index (Phi) is 4.21. The Bertz CT molecular complexity index is 2670. The van der Waals surface area contributed by atoms with E-state index in [2.05, 4.69) is 155 Å². The van der Waals surface area contributed by atoms with Gasteiger partial charge in [0.15, 0.2) is 0 Å². The molecule has 0 spiro atoms. The van der Waals surface area contributed by atoms with Crippen LogP contribution < -0.4 is 0 Å². The fourth-order valence-electron chi connectivity index (χ4n) is 7.63. The van der Waals surface area contributed by atoms with Crippen LogP contribution in [0.4, 0.5) is 0 Å². The highest BCUT2D eigenvalue weighted by atomic mass is 15.0. The van der Waals surface area contributed by atoms with Gasteiger partial charge in [-0.3, -0.25) is 0 Å². The van der Waals surface area contributed by atoms with Crippen LogP contribution in [0, 0.1) is 0 Å². The van der Waals surface area contributed by atoms with E-state index in [1.807, 2.05) is 0 Å². The predicted molar refractivity (Wildman–Crippen MR) is 178 cm³/mol. The largest absolute Gasteiger partial charge is 0.308 e. The van der Waals surface area contributed by atoms with E-state index >= 15 is 0 Å². The van der Waals surface area contributed by atoms with Crippen molar-refractivity contribution in [3.63, 3.8) is 0 Å². The van der Waals surface area contributed by atoms with Crippen molar-refractivity contribution in [3.8, 4) is 16.8 Å². The van der Waals surface area contributed by atoms with E-state index in [-0.39, 0.29) is 0 Å². The molecule has 42 heavy (non-hydrogen) atoms. The van der Waals surface area contributed by atoms with Gasteiger partial charge >= 0.3 is 0 Å². The molecular formula is C40H24N2. The predicted octanol–water partition coefficient (Wildman–Crippen LogP) is 10.8. The van der Waals surface area contributed by atoms with Gasteiger partial charge in [0.25, 0.3) is 0 Å². The molecule has 0 N–H and O–H groups in total. The van der Waals surface area contributed by atoms with Gasteiger partial charge in [0.1, 0.15) is 0 Å². The summed E-state index contributed by atoms with van der Waals surface area (Å²) in [5.41, 5.74) is 9.92. The van der Waals surface area contributed by atoms with Crippen molar-refractivity contribution in [2.75, 3.05) is 0 Å². The van der Waals surface area contributed by atoms with Crippen LogP contribution in [0.1, 0.15) is 0 Å². The summed E-state index contributed by atoms with van der Waals surface area (Å²) in [4.78, 5) is 0. The van der Waals surface area contributed by atoms with E-state index in [1.54, 1.807) is 0 Å². The third kappa shape index (κ3) is 2.65. The molecule has 0 amide bonds. The zero-order valence-electron chi connectivity index (χ0n) is 22.8. The summed E-state index contributed by atoms with van der Waals surface area (Å²) in [5, 5.41) is 10.4. The van der Waals surface area contributed by atoms with Gasteiger partial charge in [-0.05, 0) is 40.6 Å². The van der Waals surface area contributed by atoms with Crippen LogP contribution in [0.25, 0.3) is 87.5 Å². The first-order valence-corrected chi connectivity index (χ1v) is 14.6. The second-order valence-corrected chi connectivity index (χ2v) is 11.3. The second kappa shape index (κ2) is 7.99. The molecule has 10 aromatic rings. The molecule has 3 heterocycles. The fourth-order valence-corrected chi connectivity index (χ4v) is 7.63. The van der Waals surface area contributed by atoms with E-state index in [1.165, 1.54) is 87.5 Å². The average molecular weight is 533 g/mol. The minimum Gasteiger partial charge on any atom is -0.308 e. The van der Waals surface area contributed by atoms with E-state index in [0.29, 0.717) is 0 Å². The Morgan fingerprint density at radius 2 is 0.905 bits per heavy atom. The molecule has 0 fully saturated rings. The highest BCUT2D eigenvalue weighted by Crippen LogP contribution is 2.49. The Labute approximate surface area is 241 Å². The minimum atomic E-state index is 1.20. The SMILES string of the molecule is c1ccc(-c2ccccc2-n2c3cccc4c5ccccc5n5c6ccccc6c6c7ccccc7c2c(c43)c65)cc1. The standard InChI is InChI=1S/C40H24N2/c1-2-13-25(14-3-1)26-15-6-9-21-32(26)42-35-24-12-20-28-27-16-7-10-22-33(27)41-34-23-11-8-19-31(34)36-29-17-4-5-18-30(29)39(42)38(37(28)35)40(36)41/h1-24H. The molecule has 0 saturated heterocycles. The van der Waals surface area contributed by atoms with Crippen LogP contribution in [-0.4, -0.2) is 8.97 Å². The highest BCUT2D eigenvalue weighted by molar-refractivity contribution is 6.40. The molecule has 0 radical (unpaired) electrons. The van der Waals surface area contributed by atoms with Crippen LogP contribution >= 0.6 is 0 Å². The molecule has 0 atom stereocenters. The second-order valence-electron chi connectivity index (χ2n) is 11.3. The Balaban J connectivity index is 1.60. The summed E-state index contributed by atoms with van der Waals surface area (Å²) in [7, 11) is 0. The number of hydrogen-bond acceptors (Lipinski definition) is 0. The lowest BCUT2D eigenvalue weighted by molar-refractivity contribution is 1.19. The zero-order chi connectivity index (χ0) is 27.4. The normalized spacial score (nSPS) is 12.3. The van der Waals surface area contributed by atoms with Crippen molar-refractivity contribution >= 4 is 70.7 Å². The maximum absolute atomic E-state index is 2.54. The Morgan fingerprint density at radius 1 is 0.333 bits per heavy atom. The van der Waals surface area contributed by atoms with Gasteiger partial charge in [-0.15, -0.1) is 0 Å². The zero-order valence-corrected chi connectivity index (χ0v) is 22.8. The molecule has 0 unspecified atom stereocenters.